The van der Waals surface area contributed by atoms with E-state index in [0.717, 1.165) is 16.7 Å². The third kappa shape index (κ3) is 7.60. The normalized spacial score (nSPS) is 10.6. The second-order valence-electron chi connectivity index (χ2n) is 6.90. The van der Waals surface area contributed by atoms with Crippen LogP contribution in [-0.4, -0.2) is 60.3 Å². The van der Waals surface area contributed by atoms with E-state index in [1.807, 2.05) is 0 Å². The number of esters is 2. The van der Waals surface area contributed by atoms with Crippen molar-refractivity contribution in [2.45, 2.75) is 39.9 Å². The molecule has 1 heterocycles. The lowest BCUT2D eigenvalue weighted by molar-refractivity contribution is -0.145. The van der Waals surface area contributed by atoms with E-state index in [4.69, 9.17) is 9.47 Å². The van der Waals surface area contributed by atoms with Crippen molar-refractivity contribution in [2.75, 3.05) is 25.5 Å². The van der Waals surface area contributed by atoms with Crippen LogP contribution in [0.5, 0.6) is 0 Å². The second-order valence-corrected chi connectivity index (χ2v) is 6.90. The van der Waals surface area contributed by atoms with Gasteiger partial charge in [-0.2, -0.15) is 0 Å². The Morgan fingerprint density at radius 2 is 1.75 bits per heavy atom. The third-order valence-electron chi connectivity index (χ3n) is 3.15. The molecule has 0 spiro atoms. The molecule has 0 aliphatic heterocycles. The maximum absolute atomic E-state index is 12.0. The molecular formula is C18H25N3O7. The highest BCUT2D eigenvalue weighted by atomic mass is 16.6. The van der Waals surface area contributed by atoms with Gasteiger partial charge in [0.25, 0.3) is 0 Å². The van der Waals surface area contributed by atoms with Crippen LogP contribution in [-0.2, 0) is 30.4 Å². The van der Waals surface area contributed by atoms with Crippen LogP contribution in [0.2, 0.25) is 0 Å². The second kappa shape index (κ2) is 9.67. The smallest absolute Gasteiger partial charge is 0.422 e. The molecule has 0 saturated heterocycles. The van der Waals surface area contributed by atoms with E-state index in [0.29, 0.717) is 5.56 Å². The summed E-state index contributed by atoms with van der Waals surface area (Å²) in [6.45, 7) is 5.75. The van der Waals surface area contributed by atoms with Crippen molar-refractivity contribution >= 4 is 29.9 Å². The fraction of sp³-hybridized carbons (Fsp3) is 0.500. The molecular weight excluding hydrogens is 370 g/mol. The average Bonchev–Trinajstić information content (AvgIpc) is 2.57. The van der Waals surface area contributed by atoms with Crippen molar-refractivity contribution in [1.82, 2.24) is 9.88 Å². The van der Waals surface area contributed by atoms with Crippen LogP contribution in [0.4, 0.5) is 15.4 Å². The lowest BCUT2D eigenvalue weighted by Crippen LogP contribution is -2.37. The summed E-state index contributed by atoms with van der Waals surface area (Å²) in [5.74, 6) is -1.26. The Morgan fingerprint density at radius 3 is 2.32 bits per heavy atom. The van der Waals surface area contributed by atoms with E-state index in [2.05, 4.69) is 9.72 Å². The zero-order chi connectivity index (χ0) is 21.5. The molecule has 1 rings (SSSR count). The van der Waals surface area contributed by atoms with Gasteiger partial charge < -0.3 is 19.1 Å². The van der Waals surface area contributed by atoms with Crippen LogP contribution in [0, 0.1) is 0 Å². The van der Waals surface area contributed by atoms with Crippen molar-refractivity contribution in [2.24, 2.45) is 0 Å². The first-order chi connectivity index (χ1) is 12.9. The monoisotopic (exact) mass is 395 g/mol. The largest absolute Gasteiger partial charge is 0.459 e. The zero-order valence-corrected chi connectivity index (χ0v) is 16.8. The van der Waals surface area contributed by atoms with Crippen LogP contribution >= 0.6 is 0 Å². The Morgan fingerprint density at radius 1 is 1.11 bits per heavy atom. The topological polar surface area (TPSA) is 115 Å². The number of nitrogens with zero attached hydrogens (tertiary/aromatic N) is 3. The molecule has 0 N–H and O–H groups in total. The van der Waals surface area contributed by atoms with E-state index in [1.165, 1.54) is 20.3 Å². The third-order valence-corrected chi connectivity index (χ3v) is 3.15. The highest BCUT2D eigenvalue weighted by molar-refractivity contribution is 5.93. The van der Waals surface area contributed by atoms with Crippen LogP contribution < -0.4 is 4.90 Å². The number of carbonyl (C=O) groups is 4. The van der Waals surface area contributed by atoms with Gasteiger partial charge in [-0.1, -0.05) is 6.07 Å². The molecule has 0 aromatic carbocycles. The van der Waals surface area contributed by atoms with Crippen molar-refractivity contribution < 1.29 is 33.4 Å². The quantitative estimate of drug-likeness (QED) is 0.423. The number of amides is 2. The van der Waals surface area contributed by atoms with Gasteiger partial charge in [0.05, 0.1) is 0 Å². The van der Waals surface area contributed by atoms with Crippen molar-refractivity contribution in [3.63, 3.8) is 0 Å². The fourth-order valence-electron chi connectivity index (χ4n) is 1.92. The van der Waals surface area contributed by atoms with E-state index < -0.39 is 29.7 Å². The minimum absolute atomic E-state index is 0.169. The molecule has 0 atom stereocenters. The minimum Gasteiger partial charge on any atom is -0.459 e. The summed E-state index contributed by atoms with van der Waals surface area (Å²) in [4.78, 5) is 52.8. The van der Waals surface area contributed by atoms with Gasteiger partial charge in [0.2, 0.25) is 0 Å². The first-order valence-corrected chi connectivity index (χ1v) is 8.40. The number of hydrogen-bond donors (Lipinski definition) is 0. The molecule has 1 aromatic rings. The first-order valence-electron chi connectivity index (χ1n) is 8.40. The molecule has 0 unspecified atom stereocenters. The fourth-order valence-corrected chi connectivity index (χ4v) is 1.92. The van der Waals surface area contributed by atoms with Gasteiger partial charge >= 0.3 is 24.1 Å². The number of ether oxygens (including phenoxy) is 3. The molecule has 10 heteroatoms. The average molecular weight is 395 g/mol. The molecule has 0 aliphatic rings. The van der Waals surface area contributed by atoms with Gasteiger partial charge in [-0.15, -0.1) is 0 Å². The molecule has 0 aliphatic carbocycles. The molecule has 2 amide bonds. The predicted octanol–water partition coefficient (Wildman–Crippen LogP) is 2.11. The minimum atomic E-state index is -0.913. The molecule has 10 nitrogen and oxygen atoms in total. The van der Waals surface area contributed by atoms with Crippen molar-refractivity contribution in [1.29, 1.82) is 0 Å². The SMILES string of the molecule is CC(=O)OC(=O)N(C)c1ncccc1COC(=O)CN(C)C(=O)OC(C)(C)C. The van der Waals surface area contributed by atoms with Gasteiger partial charge in [0, 0.05) is 32.8 Å². The predicted molar refractivity (Wildman–Crippen MR) is 98.5 cm³/mol. The summed E-state index contributed by atoms with van der Waals surface area (Å²) in [6, 6.07) is 3.20. The number of aromatic nitrogens is 1. The Hall–Kier alpha value is -3.17. The standard InChI is InChI=1S/C18H25N3O7/c1-12(22)27-17(25)21(6)15-13(8-7-9-19-15)11-26-14(23)10-20(5)16(24)28-18(2,3)4/h7-9H,10-11H2,1-6H3. The maximum Gasteiger partial charge on any atom is 0.422 e. The molecule has 0 radical (unpaired) electrons. The molecule has 28 heavy (non-hydrogen) atoms. The Labute approximate surface area is 163 Å². The van der Waals surface area contributed by atoms with E-state index in [-0.39, 0.29) is 19.0 Å². The summed E-state index contributed by atoms with van der Waals surface area (Å²) in [7, 11) is 2.78. The van der Waals surface area contributed by atoms with E-state index in [9.17, 15) is 19.2 Å². The summed E-state index contributed by atoms with van der Waals surface area (Å²) in [6.07, 6.45) is -0.129. The Bertz CT molecular complexity index is 743. The summed E-state index contributed by atoms with van der Waals surface area (Å²) in [5, 5.41) is 0. The lowest BCUT2D eigenvalue weighted by Gasteiger charge is -2.24. The summed E-state index contributed by atoms with van der Waals surface area (Å²) in [5.41, 5.74) is -0.266. The molecule has 0 saturated carbocycles. The van der Waals surface area contributed by atoms with Gasteiger partial charge in [0.15, 0.2) is 0 Å². The van der Waals surface area contributed by atoms with E-state index >= 15 is 0 Å². The lowest BCUT2D eigenvalue weighted by atomic mass is 10.2. The van der Waals surface area contributed by atoms with Crippen molar-refractivity contribution in [3.8, 4) is 0 Å². The highest BCUT2D eigenvalue weighted by Gasteiger charge is 2.23. The number of anilines is 1. The zero-order valence-electron chi connectivity index (χ0n) is 16.8. The summed E-state index contributed by atoms with van der Waals surface area (Å²) < 4.78 is 14.8. The number of likely N-dealkylation sites (N-methyl/N-ethyl adjacent to an activating group) is 1. The van der Waals surface area contributed by atoms with Crippen LogP contribution in [0.3, 0.4) is 0 Å². The number of pyridine rings is 1. The molecule has 0 fully saturated rings. The Kier molecular flexibility index (Phi) is 7.90. The number of hydrogen-bond acceptors (Lipinski definition) is 8. The van der Waals surface area contributed by atoms with Crippen LogP contribution in [0.15, 0.2) is 18.3 Å². The molecule has 154 valence electrons. The Balaban J connectivity index is 2.70. The molecule has 1 aromatic heterocycles. The van der Waals surface area contributed by atoms with Gasteiger partial charge in [-0.05, 0) is 26.8 Å². The van der Waals surface area contributed by atoms with Gasteiger partial charge in [0.1, 0.15) is 24.6 Å². The number of carbonyl (C=O) groups excluding carboxylic acids is 4. The van der Waals surface area contributed by atoms with Gasteiger partial charge in [-0.25, -0.2) is 14.6 Å². The highest BCUT2D eigenvalue weighted by Crippen LogP contribution is 2.18. The van der Waals surface area contributed by atoms with Crippen LogP contribution in [0.25, 0.3) is 0 Å². The molecule has 0 bridgehead atoms. The van der Waals surface area contributed by atoms with Gasteiger partial charge in [-0.3, -0.25) is 14.5 Å². The number of rotatable bonds is 5. The maximum atomic E-state index is 12.0. The summed E-state index contributed by atoms with van der Waals surface area (Å²) >= 11 is 0. The van der Waals surface area contributed by atoms with Crippen molar-refractivity contribution in [3.05, 3.63) is 23.9 Å². The van der Waals surface area contributed by atoms with Crippen LogP contribution in [0.1, 0.15) is 33.3 Å². The van der Waals surface area contributed by atoms with E-state index in [1.54, 1.807) is 32.9 Å². The first kappa shape index (κ1) is 22.9.